The average molecular weight is 361 g/mol. The van der Waals surface area contributed by atoms with Crippen molar-refractivity contribution in [2.45, 2.75) is 50.3 Å². The molecule has 0 saturated carbocycles. The number of benzene rings is 1. The highest BCUT2D eigenvalue weighted by Crippen LogP contribution is 2.39. The first-order valence-electron chi connectivity index (χ1n) is 8.86. The Morgan fingerprint density at radius 2 is 2.08 bits per heavy atom. The first-order valence-corrected chi connectivity index (χ1v) is 10.3. The van der Waals surface area contributed by atoms with Crippen LogP contribution in [0.3, 0.4) is 0 Å². The van der Waals surface area contributed by atoms with Gasteiger partial charge in [-0.3, -0.25) is 4.68 Å². The van der Waals surface area contributed by atoms with Gasteiger partial charge in [0.1, 0.15) is 0 Å². The maximum atomic E-state index is 13.1. The third-order valence-corrected chi connectivity index (χ3v) is 7.02. The van der Waals surface area contributed by atoms with Crippen molar-refractivity contribution in [2.75, 3.05) is 13.2 Å². The molecule has 2 aliphatic heterocycles. The molecule has 1 fully saturated rings. The number of ether oxygens (including phenoxy) is 1. The number of hydrogen-bond acceptors (Lipinski definition) is 4. The molecule has 1 aromatic heterocycles. The molecular formula is C18H23N3O3S. The molecule has 25 heavy (non-hydrogen) atoms. The fraction of sp³-hybridized carbons (Fsp3) is 0.500. The smallest absolute Gasteiger partial charge is 0.243 e. The molecule has 0 N–H and O–H groups in total. The number of sulfonamides is 1. The molecule has 1 aromatic carbocycles. The second-order valence-electron chi connectivity index (χ2n) is 6.52. The van der Waals surface area contributed by atoms with Crippen molar-refractivity contribution in [3.63, 3.8) is 0 Å². The Hall–Kier alpha value is -1.70. The third-order valence-electron chi connectivity index (χ3n) is 5.10. The highest BCUT2D eigenvalue weighted by Gasteiger charge is 2.39. The zero-order valence-corrected chi connectivity index (χ0v) is 15.2. The molecule has 0 radical (unpaired) electrons. The molecule has 6 nitrogen and oxygen atoms in total. The fourth-order valence-corrected chi connectivity index (χ4v) is 5.57. The second kappa shape index (κ2) is 6.55. The molecule has 3 heterocycles. The second-order valence-corrected chi connectivity index (χ2v) is 8.41. The molecule has 1 unspecified atom stereocenters. The zero-order chi connectivity index (χ0) is 17.4. The quantitative estimate of drug-likeness (QED) is 0.839. The van der Waals surface area contributed by atoms with Gasteiger partial charge < -0.3 is 4.74 Å². The van der Waals surface area contributed by atoms with Crippen LogP contribution >= 0.6 is 0 Å². The van der Waals surface area contributed by atoms with Crippen molar-refractivity contribution in [3.05, 3.63) is 47.3 Å². The van der Waals surface area contributed by atoms with E-state index in [9.17, 15) is 8.42 Å². The van der Waals surface area contributed by atoms with Crippen LogP contribution in [0.1, 0.15) is 42.8 Å². The Morgan fingerprint density at radius 1 is 1.28 bits per heavy atom. The normalized spacial score (nSPS) is 21.4. The molecule has 0 spiro atoms. The fourth-order valence-electron chi connectivity index (χ4n) is 3.89. The Labute approximate surface area is 148 Å². The Morgan fingerprint density at radius 3 is 2.84 bits per heavy atom. The lowest BCUT2D eigenvalue weighted by Crippen LogP contribution is -2.31. The lowest BCUT2D eigenvalue weighted by molar-refractivity contribution is 0.107. The summed E-state index contributed by atoms with van der Waals surface area (Å²) in [5.41, 5.74) is 3.18. The maximum Gasteiger partial charge on any atom is 0.243 e. The van der Waals surface area contributed by atoms with Crippen LogP contribution in [0.2, 0.25) is 0 Å². The molecule has 1 atom stereocenters. The van der Waals surface area contributed by atoms with Crippen LogP contribution in [-0.2, 0) is 34.3 Å². The van der Waals surface area contributed by atoms with E-state index < -0.39 is 10.0 Å². The van der Waals surface area contributed by atoms with Crippen LogP contribution < -0.4 is 0 Å². The van der Waals surface area contributed by atoms with Crippen LogP contribution in [0.25, 0.3) is 0 Å². The van der Waals surface area contributed by atoms with Crippen molar-refractivity contribution in [1.82, 2.24) is 14.1 Å². The molecule has 7 heteroatoms. The van der Waals surface area contributed by atoms with Crippen molar-refractivity contribution in [3.8, 4) is 0 Å². The summed E-state index contributed by atoms with van der Waals surface area (Å²) in [4.78, 5) is 0.349. The van der Waals surface area contributed by atoms with E-state index in [4.69, 9.17) is 9.84 Å². The van der Waals surface area contributed by atoms with Gasteiger partial charge in [-0.25, -0.2) is 8.42 Å². The van der Waals surface area contributed by atoms with E-state index in [1.165, 1.54) is 5.69 Å². The highest BCUT2D eigenvalue weighted by atomic mass is 32.2. The zero-order valence-electron chi connectivity index (χ0n) is 14.4. The monoisotopic (exact) mass is 361 g/mol. The number of rotatable bonds is 4. The van der Waals surface area contributed by atoms with E-state index in [0.29, 0.717) is 24.7 Å². The molecular weight excluding hydrogens is 338 g/mol. The van der Waals surface area contributed by atoms with Gasteiger partial charge in [0.05, 0.1) is 29.8 Å². The molecule has 1 saturated heterocycles. The summed E-state index contributed by atoms with van der Waals surface area (Å²) in [6.07, 6.45) is 2.50. The Balaban J connectivity index is 1.75. The molecule has 0 bridgehead atoms. The predicted octanol–water partition coefficient (Wildman–Crippen LogP) is 2.50. The maximum absolute atomic E-state index is 13.1. The first kappa shape index (κ1) is 16.8. The van der Waals surface area contributed by atoms with Gasteiger partial charge in [0.15, 0.2) is 0 Å². The number of nitrogens with zero attached hydrogens (tertiary/aromatic N) is 3. The van der Waals surface area contributed by atoms with Gasteiger partial charge in [-0.1, -0.05) is 18.2 Å². The van der Waals surface area contributed by atoms with Crippen LogP contribution in [0.5, 0.6) is 0 Å². The van der Waals surface area contributed by atoms with Gasteiger partial charge in [-0.15, -0.1) is 0 Å². The number of fused-ring (bicyclic) bond motifs is 1. The summed E-state index contributed by atoms with van der Waals surface area (Å²) >= 11 is 0. The Bertz CT molecular complexity index is 861. The van der Waals surface area contributed by atoms with Gasteiger partial charge >= 0.3 is 0 Å². The molecule has 4 rings (SSSR count). The van der Waals surface area contributed by atoms with Gasteiger partial charge in [0, 0.05) is 30.8 Å². The summed E-state index contributed by atoms with van der Waals surface area (Å²) in [7, 11) is -3.52. The van der Waals surface area contributed by atoms with Gasteiger partial charge in [-0.05, 0) is 31.9 Å². The topological polar surface area (TPSA) is 64.4 Å². The van der Waals surface area contributed by atoms with Crippen molar-refractivity contribution < 1.29 is 13.2 Å². The van der Waals surface area contributed by atoms with Crippen LogP contribution in [0.4, 0.5) is 0 Å². The first-order chi connectivity index (χ1) is 12.1. The summed E-state index contributed by atoms with van der Waals surface area (Å²) in [6, 6.07) is 8.48. The summed E-state index contributed by atoms with van der Waals surface area (Å²) in [5, 5.41) is 4.78. The Kier molecular flexibility index (Phi) is 4.39. The predicted molar refractivity (Wildman–Crippen MR) is 93.6 cm³/mol. The summed E-state index contributed by atoms with van der Waals surface area (Å²) in [6.45, 7) is 4.63. The van der Waals surface area contributed by atoms with E-state index in [2.05, 4.69) is 6.92 Å². The number of aryl methyl sites for hydroxylation is 1. The van der Waals surface area contributed by atoms with Gasteiger partial charge in [0.25, 0.3) is 0 Å². The minimum absolute atomic E-state index is 0.201. The SMILES string of the molecule is CCn1nc(C2CCCN2S(=O)(=O)c2ccccc2)c2c1CCOC2. The van der Waals surface area contributed by atoms with E-state index in [-0.39, 0.29) is 6.04 Å². The van der Waals surface area contributed by atoms with Crippen LogP contribution in [-0.4, -0.2) is 35.7 Å². The molecule has 2 aromatic rings. The van der Waals surface area contributed by atoms with Gasteiger partial charge in [-0.2, -0.15) is 9.40 Å². The molecule has 0 aliphatic carbocycles. The van der Waals surface area contributed by atoms with Crippen LogP contribution in [0, 0.1) is 0 Å². The van der Waals surface area contributed by atoms with E-state index in [1.54, 1.807) is 28.6 Å². The van der Waals surface area contributed by atoms with E-state index >= 15 is 0 Å². The largest absolute Gasteiger partial charge is 0.376 e. The lowest BCUT2D eigenvalue weighted by atomic mass is 10.0. The van der Waals surface area contributed by atoms with E-state index in [1.807, 2.05) is 10.7 Å². The average Bonchev–Trinajstić information content (AvgIpc) is 3.27. The highest BCUT2D eigenvalue weighted by molar-refractivity contribution is 7.89. The standard InChI is InChI=1S/C18H23N3O3S/c1-2-20-16-10-12-24-13-15(16)18(19-20)17-9-6-11-21(17)25(22,23)14-7-4-3-5-8-14/h3-5,7-8,17H,2,6,9-13H2,1H3. The minimum Gasteiger partial charge on any atom is -0.376 e. The van der Waals surface area contributed by atoms with Gasteiger partial charge in [0.2, 0.25) is 10.0 Å². The molecule has 134 valence electrons. The van der Waals surface area contributed by atoms with Crippen LogP contribution in [0.15, 0.2) is 35.2 Å². The summed E-state index contributed by atoms with van der Waals surface area (Å²) in [5.74, 6) is 0. The van der Waals surface area contributed by atoms with E-state index in [0.717, 1.165) is 37.1 Å². The number of hydrogen-bond donors (Lipinski definition) is 0. The van der Waals surface area contributed by atoms with Crippen molar-refractivity contribution >= 4 is 10.0 Å². The van der Waals surface area contributed by atoms with Crippen molar-refractivity contribution in [2.24, 2.45) is 0 Å². The minimum atomic E-state index is -3.52. The summed E-state index contributed by atoms with van der Waals surface area (Å²) < 4.78 is 35.5. The van der Waals surface area contributed by atoms with Crippen molar-refractivity contribution in [1.29, 1.82) is 0 Å². The third kappa shape index (κ3) is 2.80. The lowest BCUT2D eigenvalue weighted by Gasteiger charge is -2.24. The molecule has 0 amide bonds. The molecule has 2 aliphatic rings. The number of aromatic nitrogens is 2.